The molecule has 0 saturated heterocycles. The number of fused-ring (bicyclic) bond motifs is 10. The van der Waals surface area contributed by atoms with E-state index in [9.17, 15) is 0 Å². The lowest BCUT2D eigenvalue weighted by Gasteiger charge is -2.54. The van der Waals surface area contributed by atoms with Crippen molar-refractivity contribution >= 4 is 62.9 Å². The zero-order valence-corrected chi connectivity index (χ0v) is 45.9. The Morgan fingerprint density at radius 3 is 1.78 bits per heavy atom. The Morgan fingerprint density at radius 2 is 1.07 bits per heavy atom. The summed E-state index contributed by atoms with van der Waals surface area (Å²) in [6, 6.07) is 58.2. The molecule has 7 aromatic carbocycles. The monoisotopic (exact) mass is 958 g/mol. The van der Waals surface area contributed by atoms with Crippen molar-refractivity contribution in [1.82, 2.24) is 0 Å². The molecule has 0 N–H and O–H groups in total. The first-order valence-corrected chi connectivity index (χ1v) is 28.0. The molecule has 4 heterocycles. The highest BCUT2D eigenvalue weighted by atomic mass is 15.3. The summed E-state index contributed by atoms with van der Waals surface area (Å²) in [5.74, 6) is 0. The molecule has 0 spiro atoms. The molecule has 7 aromatic rings. The summed E-state index contributed by atoms with van der Waals surface area (Å²) in [6.45, 7) is 29.5. The Kier molecular flexibility index (Phi) is 9.95. The lowest BCUT2D eigenvalue weighted by Crippen LogP contribution is -2.65. The first-order chi connectivity index (χ1) is 34.7. The molecule has 0 radical (unpaired) electrons. The highest BCUT2D eigenvalue weighted by molar-refractivity contribution is 7.00. The molecule has 2 fully saturated rings. The van der Waals surface area contributed by atoms with Gasteiger partial charge in [-0.1, -0.05) is 198 Å². The van der Waals surface area contributed by atoms with Crippen LogP contribution >= 0.6 is 0 Å². The van der Waals surface area contributed by atoms with Gasteiger partial charge in [-0.3, -0.25) is 0 Å². The van der Waals surface area contributed by atoms with Crippen LogP contribution in [0.4, 0.5) is 39.8 Å². The fourth-order valence-electron chi connectivity index (χ4n) is 15.7. The number of nitrogens with zero attached hydrogens (tertiary/aromatic N) is 3. The summed E-state index contributed by atoms with van der Waals surface area (Å²) in [7, 11) is 0. The van der Waals surface area contributed by atoms with Gasteiger partial charge in [0.25, 0.3) is 6.71 Å². The van der Waals surface area contributed by atoms with Gasteiger partial charge in [0.05, 0.1) is 11.1 Å². The van der Waals surface area contributed by atoms with E-state index < -0.39 is 0 Å². The molecule has 4 aliphatic heterocycles. The third kappa shape index (κ3) is 6.37. The highest BCUT2D eigenvalue weighted by Gasteiger charge is 2.65. The van der Waals surface area contributed by atoms with Crippen molar-refractivity contribution < 1.29 is 0 Å². The number of rotatable bonds is 4. The Labute approximate surface area is 438 Å². The van der Waals surface area contributed by atoms with Crippen molar-refractivity contribution in [2.45, 2.75) is 173 Å². The van der Waals surface area contributed by atoms with Crippen molar-refractivity contribution in [2.24, 2.45) is 0 Å². The van der Waals surface area contributed by atoms with E-state index in [-0.39, 0.29) is 44.9 Å². The molecular formula is C69H76BN3. The van der Waals surface area contributed by atoms with Crippen LogP contribution in [0, 0.1) is 0 Å². The largest absolute Gasteiger partial charge is 0.335 e. The molecule has 0 amide bonds. The summed E-state index contributed by atoms with van der Waals surface area (Å²) in [5, 5.41) is 0. The molecule has 13 rings (SSSR count). The molecule has 3 nitrogen and oxygen atoms in total. The van der Waals surface area contributed by atoms with Gasteiger partial charge >= 0.3 is 0 Å². The second kappa shape index (κ2) is 15.5. The number of benzene rings is 7. The minimum Gasteiger partial charge on any atom is -0.335 e. The first kappa shape index (κ1) is 46.8. The predicted octanol–water partition coefficient (Wildman–Crippen LogP) is 16.4. The van der Waals surface area contributed by atoms with Crippen LogP contribution in [0.25, 0.3) is 11.1 Å². The van der Waals surface area contributed by atoms with Crippen molar-refractivity contribution in [3.63, 3.8) is 0 Å². The molecule has 4 unspecified atom stereocenters. The van der Waals surface area contributed by atoms with Crippen LogP contribution in [0.5, 0.6) is 0 Å². The fourth-order valence-corrected chi connectivity index (χ4v) is 15.7. The van der Waals surface area contributed by atoms with Crippen molar-refractivity contribution in [2.75, 3.05) is 14.7 Å². The SMILES string of the molecule is CC(C)(C)c1cccc(N2c3cc(C(C)(C)C)ccc3B3c4cc(C(C)(C)C)cc5c4N(c4cc(N6c7ccc(-c8ccccc8)cc7C7(C)CCCCC67C)cc2c43)C2(C)CCCCC52c2ccccc2)c1. The Bertz CT molecular complexity index is 3390. The number of hydrogen-bond acceptors (Lipinski definition) is 3. The van der Waals surface area contributed by atoms with Crippen LogP contribution in [-0.2, 0) is 27.1 Å². The fraction of sp³-hybridized carbons (Fsp3) is 0.391. The molecule has 2 aliphatic carbocycles. The molecule has 2 saturated carbocycles. The van der Waals surface area contributed by atoms with E-state index in [4.69, 9.17) is 0 Å². The van der Waals surface area contributed by atoms with Gasteiger partial charge in [-0.05, 0) is 159 Å². The van der Waals surface area contributed by atoms with Crippen LogP contribution in [0.15, 0.2) is 146 Å². The maximum Gasteiger partial charge on any atom is 0.252 e. The smallest absolute Gasteiger partial charge is 0.252 e. The Balaban J connectivity index is 1.18. The van der Waals surface area contributed by atoms with Crippen LogP contribution in [-0.4, -0.2) is 17.8 Å². The molecule has 73 heavy (non-hydrogen) atoms. The highest BCUT2D eigenvalue weighted by Crippen LogP contribution is 2.67. The van der Waals surface area contributed by atoms with Crippen molar-refractivity contribution in [1.29, 1.82) is 0 Å². The predicted molar refractivity (Wildman–Crippen MR) is 313 cm³/mol. The summed E-state index contributed by atoms with van der Waals surface area (Å²) in [4.78, 5) is 8.57. The maximum atomic E-state index is 2.98. The van der Waals surface area contributed by atoms with Gasteiger partial charge in [0.15, 0.2) is 0 Å². The normalized spacial score (nSPS) is 24.7. The van der Waals surface area contributed by atoms with E-state index in [1.807, 2.05) is 0 Å². The summed E-state index contributed by atoms with van der Waals surface area (Å²) in [6.07, 6.45) is 9.49. The van der Waals surface area contributed by atoms with E-state index in [2.05, 4.69) is 243 Å². The first-order valence-electron chi connectivity index (χ1n) is 28.0. The number of anilines is 7. The third-order valence-corrected chi connectivity index (χ3v) is 19.9. The van der Waals surface area contributed by atoms with Crippen LogP contribution in [0.2, 0.25) is 0 Å². The molecule has 370 valence electrons. The average Bonchev–Trinajstić information content (AvgIpc) is 3.79. The van der Waals surface area contributed by atoms with Gasteiger partial charge < -0.3 is 14.7 Å². The lowest BCUT2D eigenvalue weighted by atomic mass is 9.33. The van der Waals surface area contributed by atoms with Crippen LogP contribution < -0.4 is 31.1 Å². The van der Waals surface area contributed by atoms with E-state index in [1.165, 1.54) is 127 Å². The standard InChI is InChI=1S/C69H76BN3/c1-63(2,3)48-28-23-29-51(39-48)71-58-42-49(64(4,5)6)31-32-55(58)70-56-41-50(65(7,8)9)40-54-62(56)73(68(12)36-21-22-37-69(54,68)47-26-17-14-18-27-47)60-44-52(43-59(71)61(60)70)72-57-33-30-46(45-24-15-13-16-25-45)38-53(57)66(10)34-19-20-35-67(66,72)11/h13-18,23-33,38-44H,19-22,34-37H2,1-12H3. The second-order valence-electron chi connectivity index (χ2n) is 27.0. The molecule has 4 heteroatoms. The van der Waals surface area contributed by atoms with Crippen LogP contribution in [0.1, 0.15) is 168 Å². The summed E-state index contributed by atoms with van der Waals surface area (Å²) >= 11 is 0. The minimum atomic E-state index is -0.221. The quantitative estimate of drug-likeness (QED) is 0.163. The van der Waals surface area contributed by atoms with Gasteiger partial charge in [0, 0.05) is 50.6 Å². The van der Waals surface area contributed by atoms with Crippen molar-refractivity contribution in [3.05, 3.63) is 179 Å². The van der Waals surface area contributed by atoms with E-state index in [1.54, 1.807) is 5.56 Å². The molecule has 0 aromatic heterocycles. The Morgan fingerprint density at radius 1 is 0.425 bits per heavy atom. The van der Waals surface area contributed by atoms with E-state index >= 15 is 0 Å². The van der Waals surface area contributed by atoms with Gasteiger partial charge in [-0.15, -0.1) is 0 Å². The maximum absolute atomic E-state index is 2.98. The van der Waals surface area contributed by atoms with Crippen LogP contribution in [0.3, 0.4) is 0 Å². The lowest BCUT2D eigenvalue weighted by molar-refractivity contribution is 0.195. The Hall–Kier alpha value is -6.00. The second-order valence-corrected chi connectivity index (χ2v) is 27.0. The molecule has 0 bridgehead atoms. The molecule has 6 aliphatic rings. The van der Waals surface area contributed by atoms with Gasteiger partial charge in [0.2, 0.25) is 0 Å². The topological polar surface area (TPSA) is 9.72 Å². The number of hydrogen-bond donors (Lipinski definition) is 0. The van der Waals surface area contributed by atoms with Gasteiger partial charge in [-0.2, -0.15) is 0 Å². The van der Waals surface area contributed by atoms with E-state index in [0.717, 1.165) is 19.3 Å². The zero-order chi connectivity index (χ0) is 50.8. The molecular weight excluding hydrogens is 882 g/mol. The molecule has 4 atom stereocenters. The van der Waals surface area contributed by atoms with E-state index in [0.29, 0.717) is 0 Å². The summed E-state index contributed by atoms with van der Waals surface area (Å²) < 4.78 is 0. The third-order valence-electron chi connectivity index (χ3n) is 19.9. The van der Waals surface area contributed by atoms with Gasteiger partial charge in [0.1, 0.15) is 0 Å². The minimum absolute atomic E-state index is 0.0197. The summed E-state index contributed by atoms with van der Waals surface area (Å²) in [5.41, 5.74) is 24.3. The zero-order valence-electron chi connectivity index (χ0n) is 45.9. The van der Waals surface area contributed by atoms with Crippen molar-refractivity contribution in [3.8, 4) is 11.1 Å². The van der Waals surface area contributed by atoms with Gasteiger partial charge in [-0.25, -0.2) is 0 Å². The average molecular weight is 958 g/mol.